The SMILES string of the molecule is COc1ccc(F)cc1C(=O)/C=C/c1ccccc1. The summed E-state index contributed by atoms with van der Waals surface area (Å²) in [7, 11) is 1.45. The van der Waals surface area contributed by atoms with E-state index in [0.29, 0.717) is 5.75 Å². The summed E-state index contributed by atoms with van der Waals surface area (Å²) in [5.74, 6) is -0.387. The number of benzene rings is 2. The van der Waals surface area contributed by atoms with Gasteiger partial charge in [-0.2, -0.15) is 0 Å². The Labute approximate surface area is 111 Å². The molecule has 0 bridgehead atoms. The maximum atomic E-state index is 13.2. The van der Waals surface area contributed by atoms with E-state index in [2.05, 4.69) is 0 Å². The third-order valence-corrected chi connectivity index (χ3v) is 2.65. The van der Waals surface area contributed by atoms with Gasteiger partial charge in [0.25, 0.3) is 0 Å². The highest BCUT2D eigenvalue weighted by molar-refractivity contribution is 6.08. The molecule has 0 amide bonds. The Kier molecular flexibility index (Phi) is 4.08. The van der Waals surface area contributed by atoms with Crippen LogP contribution >= 0.6 is 0 Å². The number of allylic oxidation sites excluding steroid dienone is 1. The monoisotopic (exact) mass is 256 g/mol. The molecule has 0 aromatic heterocycles. The molecule has 3 heteroatoms. The molecule has 0 atom stereocenters. The molecule has 0 spiro atoms. The lowest BCUT2D eigenvalue weighted by molar-refractivity contribution is 0.104. The van der Waals surface area contributed by atoms with Crippen molar-refractivity contribution >= 4 is 11.9 Å². The van der Waals surface area contributed by atoms with Gasteiger partial charge in [-0.25, -0.2) is 4.39 Å². The minimum atomic E-state index is -0.461. The minimum absolute atomic E-state index is 0.217. The lowest BCUT2D eigenvalue weighted by atomic mass is 10.1. The van der Waals surface area contributed by atoms with E-state index in [-0.39, 0.29) is 11.3 Å². The lowest BCUT2D eigenvalue weighted by Crippen LogP contribution is -1.99. The van der Waals surface area contributed by atoms with Crippen LogP contribution in [0.3, 0.4) is 0 Å². The van der Waals surface area contributed by atoms with Gasteiger partial charge in [-0.05, 0) is 29.8 Å². The van der Waals surface area contributed by atoms with Gasteiger partial charge in [-0.1, -0.05) is 36.4 Å². The van der Waals surface area contributed by atoms with Gasteiger partial charge in [0, 0.05) is 0 Å². The van der Waals surface area contributed by atoms with Gasteiger partial charge in [0.2, 0.25) is 0 Å². The highest BCUT2D eigenvalue weighted by Crippen LogP contribution is 2.20. The van der Waals surface area contributed by atoms with Crippen molar-refractivity contribution in [3.63, 3.8) is 0 Å². The van der Waals surface area contributed by atoms with Gasteiger partial charge in [-0.3, -0.25) is 4.79 Å². The maximum Gasteiger partial charge on any atom is 0.189 e. The van der Waals surface area contributed by atoms with E-state index in [9.17, 15) is 9.18 Å². The zero-order valence-electron chi connectivity index (χ0n) is 10.5. The van der Waals surface area contributed by atoms with Gasteiger partial charge < -0.3 is 4.74 Å². The summed E-state index contributed by atoms with van der Waals surface area (Å²) in [5, 5.41) is 0. The van der Waals surface area contributed by atoms with Crippen molar-refractivity contribution in [2.45, 2.75) is 0 Å². The molecule has 0 aliphatic heterocycles. The highest BCUT2D eigenvalue weighted by atomic mass is 19.1. The van der Waals surface area contributed by atoms with Crippen molar-refractivity contribution in [3.05, 3.63) is 71.6 Å². The second-order valence-electron chi connectivity index (χ2n) is 3.95. The van der Waals surface area contributed by atoms with Gasteiger partial charge in [0.1, 0.15) is 11.6 Å². The zero-order chi connectivity index (χ0) is 13.7. The molecule has 0 heterocycles. The second kappa shape index (κ2) is 5.96. The molecular formula is C16H13FO2. The number of carbonyl (C=O) groups excluding carboxylic acids is 1. The fourth-order valence-electron chi connectivity index (χ4n) is 1.70. The third-order valence-electron chi connectivity index (χ3n) is 2.65. The van der Waals surface area contributed by atoms with Crippen molar-refractivity contribution in [1.29, 1.82) is 0 Å². The van der Waals surface area contributed by atoms with E-state index < -0.39 is 5.82 Å². The van der Waals surface area contributed by atoms with E-state index in [1.165, 1.54) is 31.4 Å². The van der Waals surface area contributed by atoms with Gasteiger partial charge in [-0.15, -0.1) is 0 Å². The number of carbonyl (C=O) groups is 1. The second-order valence-corrected chi connectivity index (χ2v) is 3.95. The first kappa shape index (κ1) is 13.0. The minimum Gasteiger partial charge on any atom is -0.496 e. The van der Waals surface area contributed by atoms with Gasteiger partial charge in [0.05, 0.1) is 12.7 Å². The van der Waals surface area contributed by atoms with Crippen LogP contribution in [0.25, 0.3) is 6.08 Å². The first-order valence-electron chi connectivity index (χ1n) is 5.81. The van der Waals surface area contributed by atoms with E-state index in [4.69, 9.17) is 4.74 Å². The van der Waals surface area contributed by atoms with Crippen LogP contribution in [0.4, 0.5) is 4.39 Å². The molecule has 0 aliphatic carbocycles. The van der Waals surface area contributed by atoms with E-state index in [1.807, 2.05) is 30.3 Å². The molecule has 0 radical (unpaired) electrons. The number of methoxy groups -OCH3 is 1. The number of ketones is 1. The van der Waals surface area contributed by atoms with Crippen LogP contribution in [0.15, 0.2) is 54.6 Å². The molecule has 96 valence electrons. The molecule has 0 aliphatic rings. The van der Waals surface area contributed by atoms with Crippen LogP contribution in [0.5, 0.6) is 5.75 Å². The number of hydrogen-bond donors (Lipinski definition) is 0. The molecule has 0 saturated heterocycles. The van der Waals surface area contributed by atoms with E-state index >= 15 is 0 Å². The van der Waals surface area contributed by atoms with Crippen molar-refractivity contribution in [2.75, 3.05) is 7.11 Å². The molecule has 0 saturated carbocycles. The summed E-state index contributed by atoms with van der Waals surface area (Å²) in [4.78, 5) is 12.0. The first-order valence-corrected chi connectivity index (χ1v) is 5.81. The van der Waals surface area contributed by atoms with Crippen LogP contribution in [0.2, 0.25) is 0 Å². The maximum absolute atomic E-state index is 13.2. The average Bonchev–Trinajstić information content (AvgIpc) is 2.46. The summed E-state index contributed by atoms with van der Waals surface area (Å²) >= 11 is 0. The predicted octanol–water partition coefficient (Wildman–Crippen LogP) is 3.73. The smallest absolute Gasteiger partial charge is 0.189 e. The molecule has 0 fully saturated rings. The Bertz CT molecular complexity index is 603. The summed E-state index contributed by atoms with van der Waals surface area (Å²) in [6.45, 7) is 0. The van der Waals surface area contributed by atoms with Crippen LogP contribution in [-0.4, -0.2) is 12.9 Å². The molecular weight excluding hydrogens is 243 g/mol. The number of hydrogen-bond acceptors (Lipinski definition) is 2. The van der Waals surface area contributed by atoms with Gasteiger partial charge in [0.15, 0.2) is 5.78 Å². The molecule has 0 unspecified atom stereocenters. The Hall–Kier alpha value is -2.42. The molecule has 2 aromatic rings. The quantitative estimate of drug-likeness (QED) is 0.615. The lowest BCUT2D eigenvalue weighted by Gasteiger charge is -2.05. The molecule has 19 heavy (non-hydrogen) atoms. The summed E-state index contributed by atoms with van der Waals surface area (Å²) < 4.78 is 18.2. The van der Waals surface area contributed by atoms with Crippen molar-refractivity contribution in [3.8, 4) is 5.75 Å². The van der Waals surface area contributed by atoms with Crippen LogP contribution in [0.1, 0.15) is 15.9 Å². The standard InChI is InChI=1S/C16H13FO2/c1-19-16-10-8-13(17)11-14(16)15(18)9-7-12-5-3-2-4-6-12/h2-11H,1H3/b9-7+. The van der Waals surface area contributed by atoms with Crippen molar-refractivity contribution < 1.29 is 13.9 Å². The Morgan fingerprint density at radius 1 is 1.16 bits per heavy atom. The van der Waals surface area contributed by atoms with Crippen molar-refractivity contribution in [2.24, 2.45) is 0 Å². The predicted molar refractivity (Wildman–Crippen MR) is 72.8 cm³/mol. The first-order chi connectivity index (χ1) is 9.20. The number of rotatable bonds is 4. The Morgan fingerprint density at radius 3 is 2.58 bits per heavy atom. The number of halogens is 1. The largest absolute Gasteiger partial charge is 0.496 e. The Morgan fingerprint density at radius 2 is 1.89 bits per heavy atom. The van der Waals surface area contributed by atoms with E-state index in [0.717, 1.165) is 5.56 Å². The fourth-order valence-corrected chi connectivity index (χ4v) is 1.70. The van der Waals surface area contributed by atoms with Crippen molar-refractivity contribution in [1.82, 2.24) is 0 Å². The summed E-state index contributed by atoms with van der Waals surface area (Å²) in [6, 6.07) is 13.3. The summed E-state index contributed by atoms with van der Waals surface area (Å²) in [6.07, 6.45) is 3.10. The highest BCUT2D eigenvalue weighted by Gasteiger charge is 2.10. The third kappa shape index (κ3) is 3.28. The van der Waals surface area contributed by atoms with Crippen LogP contribution in [-0.2, 0) is 0 Å². The average molecular weight is 256 g/mol. The van der Waals surface area contributed by atoms with E-state index in [1.54, 1.807) is 6.08 Å². The fraction of sp³-hybridized carbons (Fsp3) is 0.0625. The summed E-state index contributed by atoms with van der Waals surface area (Å²) in [5.41, 5.74) is 1.13. The number of ether oxygens (including phenoxy) is 1. The van der Waals surface area contributed by atoms with Crippen LogP contribution in [0, 0.1) is 5.82 Å². The molecule has 2 nitrogen and oxygen atoms in total. The Balaban J connectivity index is 2.25. The molecule has 2 rings (SSSR count). The zero-order valence-corrected chi connectivity index (χ0v) is 10.5. The topological polar surface area (TPSA) is 26.3 Å². The van der Waals surface area contributed by atoms with Crippen LogP contribution < -0.4 is 4.74 Å². The normalized spacial score (nSPS) is 10.6. The molecule has 0 N–H and O–H groups in total. The molecule has 2 aromatic carbocycles. The van der Waals surface area contributed by atoms with Gasteiger partial charge >= 0.3 is 0 Å².